The van der Waals surface area contributed by atoms with E-state index in [2.05, 4.69) is 90.6 Å². The first-order chi connectivity index (χ1) is 11.4. The van der Waals surface area contributed by atoms with Crippen molar-refractivity contribution in [2.45, 2.75) is 25.0 Å². The third-order valence-corrected chi connectivity index (χ3v) is 50.8. The molecule has 2 aromatic rings. The van der Waals surface area contributed by atoms with Gasteiger partial charge in [0.2, 0.25) is 0 Å². The molecule has 0 aliphatic heterocycles. The molecule has 0 N–H and O–H groups in total. The van der Waals surface area contributed by atoms with Gasteiger partial charge in [-0.1, -0.05) is 0 Å². The Balaban J connectivity index is 1.98. The SMILES string of the molecule is C[Si](C)=[Zr]([CH3])([Cl])([CH]1C=Cc2ccccc21)[CH]1C=Cc2ccccc21. The molecule has 2 aliphatic rings. The van der Waals surface area contributed by atoms with E-state index in [1.165, 1.54) is 22.3 Å². The van der Waals surface area contributed by atoms with Crippen LogP contribution in [0, 0.1) is 0 Å². The van der Waals surface area contributed by atoms with Crippen molar-refractivity contribution in [2.75, 3.05) is 0 Å². The van der Waals surface area contributed by atoms with Gasteiger partial charge in [0.15, 0.2) is 0 Å². The molecule has 2 aromatic carbocycles. The van der Waals surface area contributed by atoms with Crippen LogP contribution >= 0.6 is 8.51 Å². The van der Waals surface area contributed by atoms with Crippen molar-refractivity contribution in [2.24, 2.45) is 0 Å². The Bertz CT molecular complexity index is 890. The van der Waals surface area contributed by atoms with E-state index in [0.717, 1.165) is 0 Å². The number of hydrogen-bond acceptors (Lipinski definition) is 0. The standard InChI is InChI=1S/2C9H7.C2H6Si.CH3.ClH.Zr/c2*1-2-5-9-7-3-6-8(9)4-1;1-3-2;;;/h2*1-7H;1-2H3;1H3;1H;/q;;;;;+1/p-1. The second kappa shape index (κ2) is 5.66. The van der Waals surface area contributed by atoms with E-state index in [4.69, 9.17) is 8.51 Å². The number of allylic oxidation sites excluding steroid dienone is 2. The Morgan fingerprint density at radius 2 is 1.21 bits per heavy atom. The summed E-state index contributed by atoms with van der Waals surface area (Å²) in [5, 5.41) is 0. The number of hydrogen-bond donors (Lipinski definition) is 0. The second-order valence-electron chi connectivity index (χ2n) is 7.72. The van der Waals surface area contributed by atoms with Crippen molar-refractivity contribution in [3.05, 3.63) is 82.9 Å². The van der Waals surface area contributed by atoms with E-state index in [1.807, 2.05) is 0 Å². The summed E-state index contributed by atoms with van der Waals surface area (Å²) in [6.45, 7) is 4.90. The van der Waals surface area contributed by atoms with Crippen LogP contribution in [0.15, 0.2) is 60.7 Å². The van der Waals surface area contributed by atoms with Crippen LogP contribution in [0.1, 0.15) is 29.5 Å². The molecule has 0 nitrogen and oxygen atoms in total. The van der Waals surface area contributed by atoms with Gasteiger partial charge in [-0.15, -0.1) is 0 Å². The Hall–Kier alpha value is -0.690. The molecule has 0 saturated carbocycles. The molecule has 0 spiro atoms. The zero-order valence-electron chi connectivity index (χ0n) is 14.5. The van der Waals surface area contributed by atoms with Gasteiger partial charge in [-0.25, -0.2) is 0 Å². The van der Waals surface area contributed by atoms with Gasteiger partial charge >= 0.3 is 150 Å². The normalized spacial score (nSPS) is 21.7. The summed E-state index contributed by atoms with van der Waals surface area (Å²) in [4.78, 5) is 0. The first-order valence-electron chi connectivity index (χ1n) is 8.66. The summed E-state index contributed by atoms with van der Waals surface area (Å²) in [7, 11) is 7.95. The van der Waals surface area contributed by atoms with Crippen LogP contribution in [0.4, 0.5) is 0 Å². The van der Waals surface area contributed by atoms with Crippen LogP contribution in [-0.4, -0.2) is 5.43 Å². The van der Waals surface area contributed by atoms with Gasteiger partial charge in [-0.3, -0.25) is 0 Å². The maximum atomic E-state index is 7.95. The van der Waals surface area contributed by atoms with Crippen molar-refractivity contribution in [1.29, 1.82) is 0 Å². The fourth-order valence-electron chi connectivity index (χ4n) is 4.55. The van der Waals surface area contributed by atoms with Crippen LogP contribution in [-0.2, 0) is 16.2 Å². The van der Waals surface area contributed by atoms with Crippen LogP contribution < -0.4 is 0 Å². The second-order valence-corrected chi connectivity index (χ2v) is 44.6. The molecule has 0 fully saturated rings. The predicted molar refractivity (Wildman–Crippen MR) is 106 cm³/mol. The third-order valence-electron chi connectivity index (χ3n) is 6.39. The van der Waals surface area contributed by atoms with Gasteiger partial charge in [0.25, 0.3) is 0 Å². The summed E-state index contributed by atoms with van der Waals surface area (Å²) in [6.07, 6.45) is 9.45. The Kier molecular flexibility index (Phi) is 3.95. The summed E-state index contributed by atoms with van der Waals surface area (Å²) in [6, 6.07) is 17.7. The molecule has 0 radical (unpaired) electrons. The van der Waals surface area contributed by atoms with E-state index < -0.39 is 21.6 Å². The quantitative estimate of drug-likeness (QED) is 0.468. The van der Waals surface area contributed by atoms with Crippen molar-refractivity contribution in [3.63, 3.8) is 0 Å². The van der Waals surface area contributed by atoms with E-state index in [-0.39, 0.29) is 0 Å². The molecule has 24 heavy (non-hydrogen) atoms. The molecule has 0 saturated heterocycles. The number of halogens is 1. The monoisotopic (exact) mass is 428 g/mol. The fourth-order valence-corrected chi connectivity index (χ4v) is 29.0. The molecule has 0 heterocycles. The van der Waals surface area contributed by atoms with E-state index in [9.17, 15) is 0 Å². The summed E-state index contributed by atoms with van der Waals surface area (Å²) >= 11 is -3.67. The Labute approximate surface area is 149 Å². The Morgan fingerprint density at radius 1 is 0.792 bits per heavy atom. The van der Waals surface area contributed by atoms with Gasteiger partial charge in [-0.05, 0) is 0 Å². The van der Waals surface area contributed by atoms with E-state index in [0.29, 0.717) is 7.25 Å². The summed E-state index contributed by atoms with van der Waals surface area (Å²) in [5.41, 5.74) is 5.01. The van der Waals surface area contributed by atoms with E-state index in [1.54, 1.807) is 0 Å². The third kappa shape index (κ3) is 2.19. The predicted octanol–water partition coefficient (Wildman–Crippen LogP) is 6.67. The van der Waals surface area contributed by atoms with Crippen LogP contribution in [0.3, 0.4) is 0 Å². The first-order valence-corrected chi connectivity index (χ1v) is 23.3. The molecule has 3 heteroatoms. The van der Waals surface area contributed by atoms with Crippen molar-refractivity contribution < 1.29 is 16.2 Å². The molecular formula is C21H23ClSiZr. The summed E-state index contributed by atoms with van der Waals surface area (Å²) in [5.74, 6) is 0. The maximum absolute atomic E-state index is 7.95. The topological polar surface area (TPSA) is 0 Å². The number of benzene rings is 2. The van der Waals surface area contributed by atoms with Crippen molar-refractivity contribution in [3.8, 4) is 0 Å². The molecule has 2 unspecified atom stereocenters. The zero-order valence-corrected chi connectivity index (χ0v) is 18.7. The van der Waals surface area contributed by atoms with E-state index >= 15 is 0 Å². The molecule has 122 valence electrons. The average molecular weight is 430 g/mol. The molecule has 0 bridgehead atoms. The van der Waals surface area contributed by atoms with Gasteiger partial charge < -0.3 is 0 Å². The molecule has 0 aromatic heterocycles. The molecule has 0 amide bonds. The average Bonchev–Trinajstić information content (AvgIpc) is 3.20. The van der Waals surface area contributed by atoms with Gasteiger partial charge in [-0.2, -0.15) is 0 Å². The fraction of sp³-hybridized carbons (Fsp3) is 0.238. The van der Waals surface area contributed by atoms with Crippen LogP contribution in [0.2, 0.25) is 17.7 Å². The van der Waals surface area contributed by atoms with Gasteiger partial charge in [0, 0.05) is 0 Å². The molecule has 2 atom stereocenters. The number of fused-ring (bicyclic) bond motifs is 2. The summed E-state index contributed by atoms with van der Waals surface area (Å²) < 4.78 is 3.40. The first kappa shape index (κ1) is 16.8. The van der Waals surface area contributed by atoms with Gasteiger partial charge in [0.1, 0.15) is 0 Å². The zero-order chi connectivity index (χ0) is 17.0. The molecule has 4 rings (SSSR count). The van der Waals surface area contributed by atoms with Crippen molar-refractivity contribution >= 4 is 26.1 Å². The Morgan fingerprint density at radius 3 is 1.62 bits per heavy atom. The van der Waals surface area contributed by atoms with Crippen LogP contribution in [0.25, 0.3) is 12.2 Å². The minimum atomic E-state index is -3.67. The van der Waals surface area contributed by atoms with Crippen molar-refractivity contribution in [1.82, 2.24) is 0 Å². The minimum absolute atomic E-state index is 0.439. The molecular weight excluding hydrogens is 407 g/mol. The van der Waals surface area contributed by atoms with Crippen LogP contribution in [0.5, 0.6) is 0 Å². The molecule has 2 aliphatic carbocycles. The van der Waals surface area contributed by atoms with Gasteiger partial charge in [0.05, 0.1) is 0 Å². The number of rotatable bonds is 2.